The van der Waals surface area contributed by atoms with Crippen molar-refractivity contribution >= 4 is 56.0 Å². The standard InChI is InChI=1S/C38H26N2/c1-3-15-27-25(11-1)13-9-21-33(27)39-35-19-7-5-17-29(35)31-23-32-30-18-6-8-20-36(30)40(38(32)24-37(31)39)34-22-10-14-26-12-2-4-16-28(26)34/h1-24,31,37H. The molecule has 40 heavy (non-hydrogen) atoms. The fourth-order valence-corrected chi connectivity index (χ4v) is 7.20. The molecule has 0 saturated heterocycles. The van der Waals surface area contributed by atoms with Gasteiger partial charge in [0.1, 0.15) is 0 Å². The molecule has 0 bridgehead atoms. The van der Waals surface area contributed by atoms with Gasteiger partial charge in [-0.2, -0.15) is 0 Å². The lowest BCUT2D eigenvalue weighted by Gasteiger charge is -2.30. The van der Waals surface area contributed by atoms with Crippen LogP contribution in [0.2, 0.25) is 0 Å². The molecule has 0 N–H and O–H groups in total. The van der Waals surface area contributed by atoms with Crippen molar-refractivity contribution in [2.75, 3.05) is 4.90 Å². The molecule has 2 heteroatoms. The fraction of sp³-hybridized carbons (Fsp3) is 0.0526. The minimum Gasteiger partial charge on any atom is -0.333 e. The molecule has 2 atom stereocenters. The van der Waals surface area contributed by atoms with Crippen molar-refractivity contribution in [3.63, 3.8) is 0 Å². The van der Waals surface area contributed by atoms with E-state index in [1.54, 1.807) is 0 Å². The van der Waals surface area contributed by atoms with Crippen LogP contribution in [0.3, 0.4) is 0 Å². The van der Waals surface area contributed by atoms with Gasteiger partial charge in [0.15, 0.2) is 0 Å². The lowest BCUT2D eigenvalue weighted by atomic mass is 9.90. The van der Waals surface area contributed by atoms with Gasteiger partial charge in [-0.05, 0) is 46.7 Å². The molecule has 0 radical (unpaired) electrons. The molecule has 1 aliphatic heterocycles. The topological polar surface area (TPSA) is 8.17 Å². The van der Waals surface area contributed by atoms with Gasteiger partial charge in [-0.25, -0.2) is 0 Å². The first-order valence-corrected chi connectivity index (χ1v) is 14.0. The van der Waals surface area contributed by atoms with E-state index in [1.165, 1.54) is 65.6 Å². The first-order valence-electron chi connectivity index (χ1n) is 14.0. The van der Waals surface area contributed by atoms with Crippen LogP contribution in [0.25, 0.3) is 50.3 Å². The second kappa shape index (κ2) is 8.21. The number of hydrogen-bond donors (Lipinski definition) is 0. The molecular weight excluding hydrogens is 484 g/mol. The summed E-state index contributed by atoms with van der Waals surface area (Å²) in [5.74, 6) is 0.273. The van der Waals surface area contributed by atoms with Crippen LogP contribution in [-0.4, -0.2) is 10.6 Å². The monoisotopic (exact) mass is 510 g/mol. The maximum absolute atomic E-state index is 2.58. The summed E-state index contributed by atoms with van der Waals surface area (Å²) in [4.78, 5) is 2.58. The van der Waals surface area contributed by atoms with Gasteiger partial charge in [-0.3, -0.25) is 0 Å². The molecule has 2 nitrogen and oxygen atoms in total. The van der Waals surface area contributed by atoms with Gasteiger partial charge in [0.2, 0.25) is 0 Å². The molecule has 0 fully saturated rings. The van der Waals surface area contributed by atoms with Gasteiger partial charge in [-0.1, -0.05) is 115 Å². The Kier molecular flexibility index (Phi) is 4.48. The number of nitrogens with zero attached hydrogens (tertiary/aromatic N) is 2. The SMILES string of the molecule is C1=c2c(n(-c3cccc4ccccc34)c3ccccc23)=CC2C1c1ccccc1N2c1cccc2ccccc12. The average molecular weight is 511 g/mol. The Hall–Kier alpha value is -5.08. The first kappa shape index (κ1) is 21.8. The second-order valence-electron chi connectivity index (χ2n) is 10.9. The van der Waals surface area contributed by atoms with Gasteiger partial charge >= 0.3 is 0 Å². The summed E-state index contributed by atoms with van der Waals surface area (Å²) in [5, 5.41) is 9.00. The zero-order valence-electron chi connectivity index (χ0n) is 21.9. The number of aromatic nitrogens is 1. The Morgan fingerprint density at radius 3 is 1.82 bits per heavy atom. The van der Waals surface area contributed by atoms with Crippen LogP contribution in [0.4, 0.5) is 11.4 Å². The number of rotatable bonds is 2. The third-order valence-electron chi connectivity index (χ3n) is 8.88. The summed E-state index contributed by atoms with van der Waals surface area (Å²) < 4.78 is 2.49. The Morgan fingerprint density at radius 1 is 0.450 bits per heavy atom. The van der Waals surface area contributed by atoms with Crippen molar-refractivity contribution in [1.29, 1.82) is 0 Å². The van der Waals surface area contributed by atoms with E-state index in [1.807, 2.05) is 0 Å². The van der Waals surface area contributed by atoms with Gasteiger partial charge in [0.25, 0.3) is 0 Å². The highest BCUT2D eigenvalue weighted by atomic mass is 15.2. The van der Waals surface area contributed by atoms with Gasteiger partial charge in [0, 0.05) is 38.7 Å². The summed E-state index contributed by atoms with van der Waals surface area (Å²) in [7, 11) is 0. The minimum atomic E-state index is 0.175. The lowest BCUT2D eigenvalue weighted by Crippen LogP contribution is -2.40. The van der Waals surface area contributed by atoms with E-state index in [-0.39, 0.29) is 12.0 Å². The average Bonchev–Trinajstić information content (AvgIpc) is 3.51. The summed E-state index contributed by atoms with van der Waals surface area (Å²) in [5.41, 5.74) is 6.43. The van der Waals surface area contributed by atoms with E-state index in [4.69, 9.17) is 0 Å². The number of fused-ring (bicyclic) bond motifs is 8. The molecule has 0 spiro atoms. The normalized spacial score (nSPS) is 17.4. The van der Waals surface area contributed by atoms with Crippen LogP contribution in [-0.2, 0) is 0 Å². The highest BCUT2D eigenvalue weighted by molar-refractivity contribution is 5.99. The molecule has 188 valence electrons. The van der Waals surface area contributed by atoms with Crippen molar-refractivity contribution in [2.45, 2.75) is 12.0 Å². The van der Waals surface area contributed by atoms with Gasteiger partial charge < -0.3 is 9.47 Å². The van der Waals surface area contributed by atoms with Crippen molar-refractivity contribution in [3.05, 3.63) is 150 Å². The summed E-state index contributed by atoms with van der Waals surface area (Å²) in [6, 6.07) is 48.8. The van der Waals surface area contributed by atoms with E-state index >= 15 is 0 Å². The van der Waals surface area contributed by atoms with Crippen LogP contribution < -0.4 is 15.5 Å². The van der Waals surface area contributed by atoms with Crippen LogP contribution in [0.1, 0.15) is 11.5 Å². The largest absolute Gasteiger partial charge is 0.333 e. The van der Waals surface area contributed by atoms with Crippen molar-refractivity contribution < 1.29 is 0 Å². The minimum absolute atomic E-state index is 0.175. The summed E-state index contributed by atoms with van der Waals surface area (Å²) in [6.07, 6.45) is 5.07. The molecule has 0 saturated carbocycles. The molecule has 7 aromatic rings. The first-order chi connectivity index (χ1) is 19.9. The van der Waals surface area contributed by atoms with Crippen molar-refractivity contribution in [1.82, 2.24) is 4.57 Å². The van der Waals surface area contributed by atoms with E-state index in [9.17, 15) is 0 Å². The maximum Gasteiger partial charge on any atom is 0.0650 e. The van der Waals surface area contributed by atoms with E-state index in [0.29, 0.717) is 0 Å². The van der Waals surface area contributed by atoms with Gasteiger partial charge in [0.05, 0.1) is 22.6 Å². The number of anilines is 2. The van der Waals surface area contributed by atoms with Crippen molar-refractivity contribution in [3.8, 4) is 5.69 Å². The quantitative estimate of drug-likeness (QED) is 0.230. The van der Waals surface area contributed by atoms with Crippen LogP contribution in [0.15, 0.2) is 133 Å². The smallest absolute Gasteiger partial charge is 0.0650 e. The Labute approximate surface area is 232 Å². The Morgan fingerprint density at radius 2 is 1.02 bits per heavy atom. The van der Waals surface area contributed by atoms with Crippen LogP contribution in [0, 0.1) is 0 Å². The third kappa shape index (κ3) is 2.93. The zero-order chi connectivity index (χ0) is 26.2. The van der Waals surface area contributed by atoms with Gasteiger partial charge in [-0.15, -0.1) is 0 Å². The summed E-state index contributed by atoms with van der Waals surface area (Å²) >= 11 is 0. The van der Waals surface area contributed by atoms with Crippen molar-refractivity contribution in [2.24, 2.45) is 0 Å². The zero-order valence-corrected chi connectivity index (χ0v) is 21.9. The number of hydrogen-bond acceptors (Lipinski definition) is 1. The predicted molar refractivity (Wildman–Crippen MR) is 168 cm³/mol. The lowest BCUT2D eigenvalue weighted by molar-refractivity contribution is 0.798. The predicted octanol–water partition coefficient (Wildman–Crippen LogP) is 7.82. The second-order valence-corrected chi connectivity index (χ2v) is 10.9. The number of benzene rings is 6. The fourth-order valence-electron chi connectivity index (χ4n) is 7.20. The highest BCUT2D eigenvalue weighted by Crippen LogP contribution is 2.48. The molecule has 9 rings (SSSR count). The molecular formula is C38H26N2. The molecule has 0 amide bonds. The molecule has 2 unspecified atom stereocenters. The van der Waals surface area contributed by atoms with Crippen LogP contribution in [0.5, 0.6) is 0 Å². The maximum atomic E-state index is 2.58. The third-order valence-corrected chi connectivity index (χ3v) is 8.88. The molecule has 6 aromatic carbocycles. The van der Waals surface area contributed by atoms with E-state index in [2.05, 4.69) is 155 Å². The summed E-state index contributed by atoms with van der Waals surface area (Å²) in [6.45, 7) is 0. The van der Waals surface area contributed by atoms with Crippen LogP contribution >= 0.6 is 0 Å². The van der Waals surface area contributed by atoms with E-state index < -0.39 is 0 Å². The highest BCUT2D eigenvalue weighted by Gasteiger charge is 2.39. The molecule has 2 aliphatic rings. The number of para-hydroxylation sites is 2. The molecule has 1 aliphatic carbocycles. The Bertz CT molecular complexity index is 2240. The van der Waals surface area contributed by atoms with E-state index in [0.717, 1.165) is 0 Å². The molecule has 2 heterocycles. The Balaban J connectivity index is 1.38. The molecule has 1 aromatic heterocycles.